The Hall–Kier alpha value is -4.19. The van der Waals surface area contributed by atoms with Gasteiger partial charge in [0.25, 0.3) is 5.91 Å². The van der Waals surface area contributed by atoms with E-state index in [2.05, 4.69) is 20.4 Å². The van der Waals surface area contributed by atoms with Crippen molar-refractivity contribution < 1.29 is 28.5 Å². The lowest BCUT2D eigenvalue weighted by atomic mass is 10.0. The molecular formula is C26H32N6O6. The van der Waals surface area contributed by atoms with Crippen LogP contribution in [0.2, 0.25) is 0 Å². The molecule has 2 unspecified atom stereocenters. The molecule has 1 saturated heterocycles. The first-order chi connectivity index (χ1) is 18.2. The van der Waals surface area contributed by atoms with Gasteiger partial charge in [-0.15, -0.1) is 0 Å². The predicted octanol–water partition coefficient (Wildman–Crippen LogP) is 2.09. The van der Waals surface area contributed by atoms with Gasteiger partial charge in [0.1, 0.15) is 30.6 Å². The molecule has 2 amide bonds. The molecule has 1 aliphatic rings. The third kappa shape index (κ3) is 6.97. The third-order valence-corrected chi connectivity index (χ3v) is 6.09. The molecule has 12 nitrogen and oxygen atoms in total. The molecule has 202 valence electrons. The van der Waals surface area contributed by atoms with Gasteiger partial charge in [-0.05, 0) is 26.0 Å². The van der Waals surface area contributed by atoms with Crippen LogP contribution >= 0.6 is 0 Å². The number of likely N-dealkylation sites (N-methyl/N-ethyl adjacent to an activating group) is 1. The number of methoxy groups -OCH3 is 1. The fourth-order valence-corrected chi connectivity index (χ4v) is 3.82. The van der Waals surface area contributed by atoms with Crippen LogP contribution in [0.25, 0.3) is 0 Å². The molecule has 0 radical (unpaired) electrons. The topological polar surface area (TPSA) is 130 Å². The smallest absolute Gasteiger partial charge is 0.319 e. The largest absolute Gasteiger partial charge is 0.492 e. The zero-order valence-corrected chi connectivity index (χ0v) is 21.9. The molecule has 3 aromatic rings. The quantitative estimate of drug-likeness (QED) is 0.401. The molecule has 1 aromatic carbocycles. The molecular weight excluding hydrogens is 492 g/mol. The van der Waals surface area contributed by atoms with E-state index in [1.165, 1.54) is 24.2 Å². The van der Waals surface area contributed by atoms with Crippen LogP contribution in [0.3, 0.4) is 0 Å². The van der Waals surface area contributed by atoms with Gasteiger partial charge in [-0.2, -0.15) is 10.1 Å². The van der Waals surface area contributed by atoms with Gasteiger partial charge in [0.05, 0.1) is 32.1 Å². The molecule has 12 heteroatoms. The second kappa shape index (κ2) is 11.9. The van der Waals surface area contributed by atoms with E-state index in [1.54, 1.807) is 31.1 Å². The van der Waals surface area contributed by atoms with Crippen LogP contribution < -0.4 is 19.5 Å². The zero-order valence-electron chi connectivity index (χ0n) is 21.9. The van der Waals surface area contributed by atoms with Crippen molar-refractivity contribution >= 4 is 17.5 Å². The van der Waals surface area contributed by atoms with Gasteiger partial charge < -0.3 is 29.2 Å². The summed E-state index contributed by atoms with van der Waals surface area (Å²) in [6.45, 7) is 4.77. The van der Waals surface area contributed by atoms with Gasteiger partial charge in [0, 0.05) is 31.9 Å². The number of benzene rings is 1. The molecule has 3 heterocycles. The summed E-state index contributed by atoms with van der Waals surface area (Å²) in [6, 6.07) is 9.55. The highest BCUT2D eigenvalue weighted by Gasteiger charge is 2.44. The van der Waals surface area contributed by atoms with E-state index >= 15 is 0 Å². The Labute approximate surface area is 220 Å². The predicted molar refractivity (Wildman–Crippen MR) is 137 cm³/mol. The molecule has 2 aromatic heterocycles. The molecule has 2 atom stereocenters. The van der Waals surface area contributed by atoms with Crippen LogP contribution in [-0.4, -0.2) is 82.1 Å². The van der Waals surface area contributed by atoms with Crippen molar-refractivity contribution in [3.63, 3.8) is 0 Å². The minimum atomic E-state index is -1.10. The fourth-order valence-electron chi connectivity index (χ4n) is 3.82. The van der Waals surface area contributed by atoms with Crippen LogP contribution in [-0.2, 0) is 20.9 Å². The van der Waals surface area contributed by atoms with Gasteiger partial charge in [0.15, 0.2) is 0 Å². The molecule has 0 saturated carbocycles. The number of hydrogen-bond donors (Lipinski definition) is 1. The highest BCUT2D eigenvalue weighted by molar-refractivity contribution is 5.97. The van der Waals surface area contributed by atoms with E-state index < -0.39 is 5.60 Å². The van der Waals surface area contributed by atoms with Crippen LogP contribution in [0.5, 0.6) is 17.6 Å². The van der Waals surface area contributed by atoms with Crippen molar-refractivity contribution in [1.82, 2.24) is 24.6 Å². The van der Waals surface area contributed by atoms with E-state index in [4.69, 9.17) is 18.9 Å². The molecule has 0 spiro atoms. The number of hydrogen-bond acceptors (Lipinski definition) is 9. The summed E-state index contributed by atoms with van der Waals surface area (Å²) in [5.41, 5.74) is 0.516. The van der Waals surface area contributed by atoms with Crippen LogP contribution in [0.1, 0.15) is 18.9 Å². The summed E-state index contributed by atoms with van der Waals surface area (Å²) < 4.78 is 23.8. The fraction of sp³-hybridized carbons (Fsp3) is 0.423. The molecule has 1 N–H and O–H groups in total. The van der Waals surface area contributed by atoms with E-state index in [1.807, 2.05) is 31.2 Å². The Kier molecular flexibility index (Phi) is 8.41. The summed E-state index contributed by atoms with van der Waals surface area (Å²) >= 11 is 0. The minimum absolute atomic E-state index is 0.0307. The number of nitrogens with one attached hydrogen (secondary N) is 1. The molecule has 0 aliphatic carbocycles. The zero-order chi connectivity index (χ0) is 27.1. The first-order valence-corrected chi connectivity index (χ1v) is 12.2. The number of nitrogens with zero attached hydrogens (tertiary/aromatic N) is 5. The monoisotopic (exact) mass is 524 g/mol. The molecule has 4 rings (SSSR count). The number of carbonyl (C=O) groups excluding carboxylic acids is 2. The van der Waals surface area contributed by atoms with Crippen molar-refractivity contribution in [3.05, 3.63) is 54.5 Å². The lowest BCUT2D eigenvalue weighted by molar-refractivity contribution is -0.133. The van der Waals surface area contributed by atoms with Crippen molar-refractivity contribution in [2.45, 2.75) is 38.5 Å². The van der Waals surface area contributed by atoms with Gasteiger partial charge in [-0.25, -0.2) is 4.98 Å². The number of rotatable bonds is 11. The second-order valence-corrected chi connectivity index (χ2v) is 9.22. The van der Waals surface area contributed by atoms with E-state index in [0.717, 1.165) is 11.3 Å². The van der Waals surface area contributed by atoms with Crippen molar-refractivity contribution in [3.8, 4) is 17.6 Å². The van der Waals surface area contributed by atoms with E-state index in [9.17, 15) is 9.59 Å². The summed E-state index contributed by atoms with van der Waals surface area (Å²) in [5, 5.41) is 7.01. The van der Waals surface area contributed by atoms with Crippen molar-refractivity contribution in [2.75, 3.05) is 39.2 Å². The highest BCUT2D eigenvalue weighted by atomic mass is 16.6. The summed E-state index contributed by atoms with van der Waals surface area (Å²) in [6.07, 6.45) is 4.59. The normalized spacial score (nSPS) is 18.6. The summed E-state index contributed by atoms with van der Waals surface area (Å²) in [5.74, 6) is 0.634. The van der Waals surface area contributed by atoms with Crippen LogP contribution in [0.15, 0.2) is 48.9 Å². The first-order valence-electron chi connectivity index (χ1n) is 12.2. The van der Waals surface area contributed by atoms with Gasteiger partial charge in [0.2, 0.25) is 11.8 Å². The van der Waals surface area contributed by atoms with Gasteiger partial charge in [-0.3, -0.25) is 14.3 Å². The van der Waals surface area contributed by atoms with Gasteiger partial charge >= 0.3 is 6.01 Å². The maximum Gasteiger partial charge on any atom is 0.319 e. The highest BCUT2D eigenvalue weighted by Crippen LogP contribution is 2.29. The molecule has 38 heavy (non-hydrogen) atoms. The van der Waals surface area contributed by atoms with Crippen LogP contribution in [0, 0.1) is 6.92 Å². The average molecular weight is 525 g/mol. The second-order valence-electron chi connectivity index (χ2n) is 9.22. The lowest BCUT2D eigenvalue weighted by Gasteiger charge is -2.21. The lowest BCUT2D eigenvalue weighted by Crippen LogP contribution is -2.40. The molecule has 0 bridgehead atoms. The summed E-state index contributed by atoms with van der Waals surface area (Å²) in [4.78, 5) is 35.2. The minimum Gasteiger partial charge on any atom is -0.492 e. The Balaban J connectivity index is 1.23. The van der Waals surface area contributed by atoms with Gasteiger partial charge in [-0.1, -0.05) is 17.7 Å². The standard InChI is InChI=1S/C26H32N6O6/c1-18-5-7-20(8-6-18)36-12-11-31(3)23(33)16-32-15-19(14-28-32)29-24(34)26(2)13-21(17-37-26)38-22-9-10-27-25(30-22)35-4/h5-10,14-15,21H,11-13,16-17H2,1-4H3,(H,29,34). The molecule has 1 aliphatic heterocycles. The maximum absolute atomic E-state index is 13.0. The number of carbonyl (C=O) groups is 2. The Morgan fingerprint density at radius 3 is 2.82 bits per heavy atom. The Morgan fingerprint density at radius 2 is 2.05 bits per heavy atom. The number of anilines is 1. The van der Waals surface area contributed by atoms with Crippen molar-refractivity contribution in [1.29, 1.82) is 0 Å². The summed E-state index contributed by atoms with van der Waals surface area (Å²) in [7, 11) is 3.18. The van der Waals surface area contributed by atoms with Crippen LogP contribution in [0.4, 0.5) is 5.69 Å². The third-order valence-electron chi connectivity index (χ3n) is 6.09. The van der Waals surface area contributed by atoms with E-state index in [-0.39, 0.29) is 37.1 Å². The maximum atomic E-state index is 13.0. The van der Waals surface area contributed by atoms with Crippen molar-refractivity contribution in [2.24, 2.45) is 0 Å². The SMILES string of the molecule is COc1nccc(OC2COC(C)(C(=O)Nc3cnn(CC(=O)N(C)CCOc4ccc(C)cc4)c3)C2)n1. The Morgan fingerprint density at radius 1 is 1.26 bits per heavy atom. The Bertz CT molecular complexity index is 1250. The number of aryl methyl sites for hydroxylation is 1. The van der Waals surface area contributed by atoms with E-state index in [0.29, 0.717) is 31.1 Å². The number of aromatic nitrogens is 4. The molecule has 1 fully saturated rings. The first kappa shape index (κ1) is 26.9. The number of ether oxygens (including phenoxy) is 4. The average Bonchev–Trinajstić information content (AvgIpc) is 3.51. The number of amides is 2.